The Morgan fingerprint density at radius 2 is 2.10 bits per heavy atom. The second kappa shape index (κ2) is 8.35. The Balaban J connectivity index is 1.87. The number of primary amides is 1. The number of carbonyl (C=O) groups is 1. The van der Waals surface area contributed by atoms with Gasteiger partial charge in [0.05, 0.1) is 23.6 Å². The lowest BCUT2D eigenvalue weighted by Gasteiger charge is -2.36. The molecule has 1 saturated carbocycles. The third-order valence-electron chi connectivity index (χ3n) is 4.65. The van der Waals surface area contributed by atoms with E-state index in [9.17, 15) is 13.6 Å². The molecule has 0 bridgehead atoms. The smallest absolute Gasteiger partial charge is 0.271 e. The molecule has 2 aromatic rings. The second-order valence-electron chi connectivity index (χ2n) is 6.67. The number of rotatable bonds is 6. The minimum atomic E-state index is -2.97. The number of aromatic nitrogens is 3. The van der Waals surface area contributed by atoms with Crippen molar-refractivity contribution in [3.63, 3.8) is 0 Å². The molecule has 2 aromatic heterocycles. The Bertz CT molecular complexity index is 906. The molecule has 0 aromatic carbocycles. The zero-order chi connectivity index (χ0) is 21.0. The average Bonchev–Trinajstić information content (AvgIpc) is 2.70. The van der Waals surface area contributed by atoms with Crippen molar-refractivity contribution < 1.29 is 13.6 Å². The van der Waals surface area contributed by atoms with Crippen LogP contribution in [0.1, 0.15) is 35.4 Å². The van der Waals surface area contributed by atoms with Crippen LogP contribution in [0.3, 0.4) is 0 Å². The quantitative estimate of drug-likeness (QED) is 0.481. The minimum absolute atomic E-state index is 0.0148. The molecule has 0 spiro atoms. The van der Waals surface area contributed by atoms with Gasteiger partial charge < -0.3 is 27.8 Å². The molecule has 29 heavy (non-hydrogen) atoms. The number of hydrogen-bond donors (Lipinski definition) is 5. The molecule has 0 aliphatic heterocycles. The van der Waals surface area contributed by atoms with E-state index < -0.39 is 23.9 Å². The normalized spacial score (nSPS) is 21.4. The maximum absolute atomic E-state index is 13.9. The summed E-state index contributed by atoms with van der Waals surface area (Å²) in [6, 6.07) is 3.14. The van der Waals surface area contributed by atoms with Crippen molar-refractivity contribution in [3.8, 4) is 0 Å². The summed E-state index contributed by atoms with van der Waals surface area (Å²) in [5.41, 5.74) is 17.5. The van der Waals surface area contributed by atoms with Gasteiger partial charge in [0, 0.05) is 24.9 Å². The van der Waals surface area contributed by atoms with E-state index in [2.05, 4.69) is 25.6 Å². The van der Waals surface area contributed by atoms with Crippen molar-refractivity contribution in [1.29, 1.82) is 0 Å². The number of nitrogens with two attached hydrogens (primary N) is 3. The molecule has 3 rings (SSSR count). The van der Waals surface area contributed by atoms with Gasteiger partial charge in [-0.1, -0.05) is 6.07 Å². The fraction of sp³-hybridized carbons (Fsp3) is 0.333. The first-order valence-electron chi connectivity index (χ1n) is 8.99. The fourth-order valence-electron chi connectivity index (χ4n) is 3.12. The van der Waals surface area contributed by atoms with E-state index in [1.165, 1.54) is 12.4 Å². The number of carbonyl (C=O) groups excluding carboxylic acids is 1. The summed E-state index contributed by atoms with van der Waals surface area (Å²) in [6.07, 6.45) is 4.62. The van der Waals surface area contributed by atoms with Gasteiger partial charge in [0.2, 0.25) is 0 Å². The van der Waals surface area contributed by atoms with Crippen molar-refractivity contribution in [3.05, 3.63) is 48.2 Å². The van der Waals surface area contributed by atoms with Crippen LogP contribution in [0.2, 0.25) is 0 Å². The van der Waals surface area contributed by atoms with Crippen LogP contribution < -0.4 is 27.8 Å². The Hall–Kier alpha value is -3.34. The maximum atomic E-state index is 13.9. The van der Waals surface area contributed by atoms with Crippen molar-refractivity contribution in [1.82, 2.24) is 15.0 Å². The third kappa shape index (κ3) is 4.57. The number of alkyl halides is 2. The van der Waals surface area contributed by atoms with E-state index in [-0.39, 0.29) is 23.8 Å². The first-order chi connectivity index (χ1) is 13.8. The van der Waals surface area contributed by atoms with E-state index in [0.29, 0.717) is 24.2 Å². The van der Waals surface area contributed by atoms with E-state index in [4.69, 9.17) is 17.2 Å². The number of halogens is 2. The summed E-state index contributed by atoms with van der Waals surface area (Å²) in [4.78, 5) is 24.2. The molecule has 8 N–H and O–H groups in total. The summed E-state index contributed by atoms with van der Waals surface area (Å²) in [5.74, 6) is -3.59. The molecule has 1 aliphatic rings. The van der Waals surface area contributed by atoms with Crippen LogP contribution in [0.4, 0.5) is 20.4 Å². The molecule has 9 nitrogen and oxygen atoms in total. The van der Waals surface area contributed by atoms with Gasteiger partial charge in [-0.15, -0.1) is 0 Å². The Labute approximate surface area is 165 Å². The van der Waals surface area contributed by atoms with E-state index in [1.54, 1.807) is 24.4 Å². The molecule has 2 heterocycles. The number of anilines is 2. The Morgan fingerprint density at radius 1 is 1.31 bits per heavy atom. The largest absolute Gasteiger partial charge is 0.403 e. The highest BCUT2D eigenvalue weighted by Crippen LogP contribution is 2.33. The highest BCUT2D eigenvalue weighted by Gasteiger charge is 2.44. The summed E-state index contributed by atoms with van der Waals surface area (Å²) in [7, 11) is 0. The molecular weight excluding hydrogens is 382 g/mol. The second-order valence-corrected chi connectivity index (χ2v) is 6.67. The van der Waals surface area contributed by atoms with Crippen molar-refractivity contribution in [2.45, 2.75) is 37.3 Å². The zero-order valence-electron chi connectivity index (χ0n) is 15.5. The van der Waals surface area contributed by atoms with Crippen LogP contribution in [0, 0.1) is 0 Å². The molecule has 1 amide bonds. The standard InChI is InChI=1S/C18H22F2N8O/c19-18(20)6-3-5-11(15(18)22)26-13-9-25-14(16(23)29)17(28-13)27-12(8-21)10-4-1-2-7-24-10/h1-2,4,7-9,11,15H,3,5-6,21-22H2,(H2,23,29)(H2,26,27,28)/b12-8+. The predicted molar refractivity (Wildman–Crippen MR) is 105 cm³/mol. The number of pyridine rings is 1. The highest BCUT2D eigenvalue weighted by atomic mass is 19.3. The third-order valence-corrected chi connectivity index (χ3v) is 4.65. The van der Waals surface area contributed by atoms with Crippen LogP contribution in [0.5, 0.6) is 0 Å². The minimum Gasteiger partial charge on any atom is -0.403 e. The first kappa shape index (κ1) is 20.4. The van der Waals surface area contributed by atoms with Crippen LogP contribution >= 0.6 is 0 Å². The predicted octanol–water partition coefficient (Wildman–Crippen LogP) is 1.27. The zero-order valence-corrected chi connectivity index (χ0v) is 15.5. The molecule has 0 saturated heterocycles. The van der Waals surface area contributed by atoms with Gasteiger partial charge in [0.25, 0.3) is 11.8 Å². The van der Waals surface area contributed by atoms with Gasteiger partial charge in [0.1, 0.15) is 5.82 Å². The van der Waals surface area contributed by atoms with Gasteiger partial charge in [-0.2, -0.15) is 0 Å². The van der Waals surface area contributed by atoms with Gasteiger partial charge in [0.15, 0.2) is 11.5 Å². The van der Waals surface area contributed by atoms with Crippen LogP contribution in [-0.2, 0) is 0 Å². The molecule has 11 heteroatoms. The maximum Gasteiger partial charge on any atom is 0.271 e. The van der Waals surface area contributed by atoms with E-state index >= 15 is 0 Å². The molecule has 0 radical (unpaired) electrons. The van der Waals surface area contributed by atoms with Crippen LogP contribution in [-0.4, -0.2) is 38.9 Å². The molecule has 1 aliphatic carbocycles. The van der Waals surface area contributed by atoms with Gasteiger partial charge >= 0.3 is 0 Å². The van der Waals surface area contributed by atoms with Crippen molar-refractivity contribution >= 4 is 23.2 Å². The summed E-state index contributed by atoms with van der Waals surface area (Å²) in [6.45, 7) is 0. The lowest BCUT2D eigenvalue weighted by Crippen LogP contribution is -2.55. The lowest BCUT2D eigenvalue weighted by molar-refractivity contribution is -0.0554. The Morgan fingerprint density at radius 3 is 2.76 bits per heavy atom. The highest BCUT2D eigenvalue weighted by molar-refractivity contribution is 5.97. The van der Waals surface area contributed by atoms with Gasteiger partial charge in [-0.05, 0) is 25.0 Å². The molecule has 154 valence electrons. The van der Waals surface area contributed by atoms with E-state index in [0.717, 1.165) is 0 Å². The molecule has 2 atom stereocenters. The number of amides is 1. The summed E-state index contributed by atoms with van der Waals surface area (Å²) >= 11 is 0. The monoisotopic (exact) mass is 404 g/mol. The molecule has 1 fully saturated rings. The van der Waals surface area contributed by atoms with Gasteiger partial charge in [-0.25, -0.2) is 18.7 Å². The topological polar surface area (TPSA) is 158 Å². The Kier molecular flexibility index (Phi) is 5.87. The average molecular weight is 404 g/mol. The van der Waals surface area contributed by atoms with Crippen LogP contribution in [0.15, 0.2) is 36.8 Å². The fourth-order valence-corrected chi connectivity index (χ4v) is 3.12. The van der Waals surface area contributed by atoms with Crippen molar-refractivity contribution in [2.75, 3.05) is 10.6 Å². The first-order valence-corrected chi connectivity index (χ1v) is 8.99. The number of nitrogens with zero attached hydrogens (tertiary/aromatic N) is 3. The molecular formula is C18H22F2N8O. The SMILES string of the molecule is N/C=C(/Nc1nc(NC2CCCC(F)(F)C2N)cnc1C(N)=O)c1ccccn1. The van der Waals surface area contributed by atoms with Gasteiger partial charge in [-0.3, -0.25) is 9.78 Å². The number of nitrogens with one attached hydrogen (secondary N) is 2. The summed E-state index contributed by atoms with van der Waals surface area (Å²) < 4.78 is 27.8. The summed E-state index contributed by atoms with van der Waals surface area (Å²) in [5, 5.41) is 5.77. The van der Waals surface area contributed by atoms with Crippen LogP contribution in [0.25, 0.3) is 5.70 Å². The molecule has 2 unspecified atom stereocenters. The number of hydrogen-bond acceptors (Lipinski definition) is 8. The van der Waals surface area contributed by atoms with Crippen molar-refractivity contribution in [2.24, 2.45) is 17.2 Å². The van der Waals surface area contributed by atoms with E-state index in [1.807, 2.05) is 0 Å². The lowest BCUT2D eigenvalue weighted by atomic mass is 9.87.